The van der Waals surface area contributed by atoms with E-state index in [4.69, 9.17) is 27.9 Å². The van der Waals surface area contributed by atoms with E-state index < -0.39 is 17.7 Å². The molecule has 1 N–H and O–H groups in total. The summed E-state index contributed by atoms with van der Waals surface area (Å²) < 4.78 is 5.38. The van der Waals surface area contributed by atoms with Gasteiger partial charge in [-0.3, -0.25) is 14.5 Å². The zero-order valence-electron chi connectivity index (χ0n) is 17.5. The third kappa shape index (κ3) is 4.84. The molecule has 2 saturated heterocycles. The summed E-state index contributed by atoms with van der Waals surface area (Å²) in [5.41, 5.74) is 1.22. The van der Waals surface area contributed by atoms with Gasteiger partial charge >= 0.3 is 0 Å². The second kappa shape index (κ2) is 10.0. The van der Waals surface area contributed by atoms with Crippen LogP contribution < -0.4 is 0 Å². The molecular weight excluding hydrogens is 451 g/mol. The second-order valence-electron chi connectivity index (χ2n) is 7.86. The van der Waals surface area contributed by atoms with Gasteiger partial charge in [0.25, 0.3) is 11.7 Å². The molecule has 8 heteroatoms. The van der Waals surface area contributed by atoms with Crippen molar-refractivity contribution in [1.29, 1.82) is 0 Å². The fourth-order valence-electron chi connectivity index (χ4n) is 4.15. The smallest absolute Gasteiger partial charge is 0.295 e. The van der Waals surface area contributed by atoms with E-state index in [0.29, 0.717) is 41.8 Å². The number of nitrogens with zero attached hydrogens (tertiary/aromatic N) is 2. The van der Waals surface area contributed by atoms with E-state index in [2.05, 4.69) is 4.90 Å². The van der Waals surface area contributed by atoms with Crippen molar-refractivity contribution in [2.45, 2.75) is 12.5 Å². The van der Waals surface area contributed by atoms with E-state index in [1.807, 2.05) is 0 Å². The van der Waals surface area contributed by atoms with Gasteiger partial charge in [0.15, 0.2) is 0 Å². The average Bonchev–Trinajstić information content (AvgIpc) is 3.05. The molecule has 0 radical (unpaired) electrons. The van der Waals surface area contributed by atoms with Gasteiger partial charge in [0.05, 0.1) is 24.8 Å². The number of Topliss-reactive ketones (excluding diaryl/α,β-unsaturated/α-hetero) is 1. The number of benzene rings is 2. The molecule has 1 atom stereocenters. The van der Waals surface area contributed by atoms with Crippen molar-refractivity contribution in [2.24, 2.45) is 0 Å². The summed E-state index contributed by atoms with van der Waals surface area (Å²) in [6.07, 6.45) is 0.706. The van der Waals surface area contributed by atoms with Crippen LogP contribution >= 0.6 is 23.2 Å². The molecule has 0 bridgehead atoms. The molecule has 32 heavy (non-hydrogen) atoms. The number of ketones is 1. The number of aliphatic hydroxyl groups is 1. The minimum Gasteiger partial charge on any atom is -0.507 e. The number of aliphatic hydroxyl groups excluding tert-OH is 1. The highest BCUT2D eigenvalue weighted by atomic mass is 35.5. The Balaban J connectivity index is 1.66. The third-order valence-electron chi connectivity index (χ3n) is 5.82. The predicted molar refractivity (Wildman–Crippen MR) is 124 cm³/mol. The van der Waals surface area contributed by atoms with Crippen molar-refractivity contribution in [3.8, 4) is 0 Å². The maximum Gasteiger partial charge on any atom is 0.295 e. The molecule has 1 amide bonds. The number of amides is 1. The number of halogens is 2. The van der Waals surface area contributed by atoms with Gasteiger partial charge in [-0.25, -0.2) is 0 Å². The molecule has 6 nitrogen and oxygen atoms in total. The first-order chi connectivity index (χ1) is 15.5. The Bertz CT molecular complexity index is 1020. The largest absolute Gasteiger partial charge is 0.507 e. The molecule has 2 aromatic rings. The third-order valence-corrected chi connectivity index (χ3v) is 6.32. The Morgan fingerprint density at radius 3 is 2.16 bits per heavy atom. The number of morpholine rings is 1. The Hall–Kier alpha value is -2.38. The van der Waals surface area contributed by atoms with Crippen LogP contribution in [0.25, 0.3) is 5.76 Å². The van der Waals surface area contributed by atoms with Crippen LogP contribution in [-0.4, -0.2) is 66.0 Å². The standard InChI is InChI=1S/C24H24Cl2N2O4/c25-18-6-2-16(3-7-18)21-20(22(29)17-4-8-19(26)9-5-17)23(30)24(31)28(21)11-1-10-27-12-14-32-15-13-27/h2-9,21,29H,1,10-15H2/t21-/m1/s1. The van der Waals surface area contributed by atoms with E-state index in [1.165, 1.54) is 0 Å². The highest BCUT2D eigenvalue weighted by Gasteiger charge is 2.45. The lowest BCUT2D eigenvalue weighted by Gasteiger charge is -2.29. The van der Waals surface area contributed by atoms with Crippen molar-refractivity contribution in [1.82, 2.24) is 9.80 Å². The maximum absolute atomic E-state index is 13.0. The fraction of sp³-hybridized carbons (Fsp3) is 0.333. The van der Waals surface area contributed by atoms with Gasteiger partial charge in [-0.15, -0.1) is 0 Å². The lowest BCUT2D eigenvalue weighted by Crippen LogP contribution is -2.38. The zero-order chi connectivity index (χ0) is 22.7. The molecular formula is C24H24Cl2N2O4. The maximum atomic E-state index is 13.0. The van der Waals surface area contributed by atoms with Crippen LogP contribution in [0, 0.1) is 0 Å². The Labute approximate surface area is 197 Å². The van der Waals surface area contributed by atoms with Crippen molar-refractivity contribution in [3.05, 3.63) is 75.3 Å². The van der Waals surface area contributed by atoms with Gasteiger partial charge in [-0.05, 0) is 48.4 Å². The number of hydrogen-bond donors (Lipinski definition) is 1. The van der Waals surface area contributed by atoms with Crippen LogP contribution in [0.2, 0.25) is 10.0 Å². The van der Waals surface area contributed by atoms with E-state index in [0.717, 1.165) is 25.2 Å². The summed E-state index contributed by atoms with van der Waals surface area (Å²) in [4.78, 5) is 29.8. The molecule has 0 aromatic heterocycles. The predicted octanol–water partition coefficient (Wildman–Crippen LogP) is 4.14. The topological polar surface area (TPSA) is 70.1 Å². The number of likely N-dealkylation sites (tertiary alicyclic amines) is 1. The number of carbonyl (C=O) groups is 2. The quantitative estimate of drug-likeness (QED) is 0.387. The monoisotopic (exact) mass is 474 g/mol. The zero-order valence-corrected chi connectivity index (χ0v) is 19.0. The summed E-state index contributed by atoms with van der Waals surface area (Å²) in [5, 5.41) is 12.1. The highest BCUT2D eigenvalue weighted by molar-refractivity contribution is 6.46. The number of carbonyl (C=O) groups excluding carboxylic acids is 2. The lowest BCUT2D eigenvalue weighted by molar-refractivity contribution is -0.140. The van der Waals surface area contributed by atoms with Gasteiger partial charge < -0.3 is 14.7 Å². The minimum atomic E-state index is -0.691. The normalized spacial score (nSPS) is 21.3. The first-order valence-corrected chi connectivity index (χ1v) is 11.3. The van der Waals surface area contributed by atoms with E-state index in [9.17, 15) is 14.7 Å². The van der Waals surface area contributed by atoms with Crippen LogP contribution in [0.5, 0.6) is 0 Å². The van der Waals surface area contributed by atoms with Crippen LogP contribution in [0.15, 0.2) is 54.1 Å². The SMILES string of the molecule is O=C1C(=O)N(CCCN2CCOCC2)[C@H](c2ccc(Cl)cc2)C1=C(O)c1ccc(Cl)cc1. The van der Waals surface area contributed by atoms with Crippen LogP contribution in [0.4, 0.5) is 0 Å². The summed E-state index contributed by atoms with van der Waals surface area (Å²) in [7, 11) is 0. The molecule has 0 saturated carbocycles. The Morgan fingerprint density at radius 1 is 0.938 bits per heavy atom. The fourth-order valence-corrected chi connectivity index (χ4v) is 4.41. The first-order valence-electron chi connectivity index (χ1n) is 10.6. The molecule has 0 unspecified atom stereocenters. The molecule has 0 aliphatic carbocycles. The number of ether oxygens (including phenoxy) is 1. The summed E-state index contributed by atoms with van der Waals surface area (Å²) in [5.74, 6) is -1.51. The van der Waals surface area contributed by atoms with E-state index in [1.54, 1.807) is 53.4 Å². The molecule has 2 aromatic carbocycles. The Kier molecular flexibility index (Phi) is 7.16. The van der Waals surface area contributed by atoms with Crippen LogP contribution in [0.3, 0.4) is 0 Å². The van der Waals surface area contributed by atoms with Crippen LogP contribution in [-0.2, 0) is 14.3 Å². The lowest BCUT2D eigenvalue weighted by atomic mass is 9.95. The number of rotatable bonds is 6. The second-order valence-corrected chi connectivity index (χ2v) is 8.73. The molecule has 2 heterocycles. The van der Waals surface area contributed by atoms with Gasteiger partial charge in [0, 0.05) is 41.8 Å². The van der Waals surface area contributed by atoms with Gasteiger partial charge in [0.2, 0.25) is 0 Å². The van der Waals surface area contributed by atoms with Gasteiger partial charge in [-0.2, -0.15) is 0 Å². The Morgan fingerprint density at radius 2 is 1.53 bits per heavy atom. The molecule has 4 rings (SSSR count). The minimum absolute atomic E-state index is 0.0750. The molecule has 0 spiro atoms. The van der Waals surface area contributed by atoms with Crippen LogP contribution in [0.1, 0.15) is 23.6 Å². The van der Waals surface area contributed by atoms with Gasteiger partial charge in [0.1, 0.15) is 5.76 Å². The van der Waals surface area contributed by atoms with E-state index in [-0.39, 0.29) is 11.3 Å². The van der Waals surface area contributed by atoms with Crippen molar-refractivity contribution in [2.75, 3.05) is 39.4 Å². The molecule has 2 aliphatic heterocycles. The van der Waals surface area contributed by atoms with Crippen molar-refractivity contribution >= 4 is 40.7 Å². The van der Waals surface area contributed by atoms with Crippen molar-refractivity contribution in [3.63, 3.8) is 0 Å². The first kappa shape index (κ1) is 22.8. The number of hydrogen-bond acceptors (Lipinski definition) is 5. The molecule has 2 aliphatic rings. The molecule has 168 valence electrons. The average molecular weight is 475 g/mol. The van der Waals surface area contributed by atoms with Crippen molar-refractivity contribution < 1.29 is 19.4 Å². The van der Waals surface area contributed by atoms with E-state index >= 15 is 0 Å². The highest BCUT2D eigenvalue weighted by Crippen LogP contribution is 2.39. The summed E-state index contributed by atoms with van der Waals surface area (Å²) in [6, 6.07) is 12.8. The summed E-state index contributed by atoms with van der Waals surface area (Å²) in [6.45, 7) is 4.32. The summed E-state index contributed by atoms with van der Waals surface area (Å²) >= 11 is 12.0. The van der Waals surface area contributed by atoms with Gasteiger partial charge in [-0.1, -0.05) is 35.3 Å². The molecule has 2 fully saturated rings.